The average Bonchev–Trinajstić information content (AvgIpc) is 3.36. The number of amides is 2. The van der Waals surface area contributed by atoms with E-state index in [1.54, 1.807) is 0 Å². The first-order chi connectivity index (χ1) is 11.7. The molecule has 1 aromatic rings. The highest BCUT2D eigenvalue weighted by molar-refractivity contribution is 5.96. The number of nitrogens with one attached hydrogen (secondary N) is 1. The largest absolute Gasteiger partial charge is 0.353 e. The van der Waals surface area contributed by atoms with Crippen molar-refractivity contribution in [3.8, 4) is 0 Å². The van der Waals surface area contributed by atoms with Crippen LogP contribution in [0.2, 0.25) is 0 Å². The van der Waals surface area contributed by atoms with Crippen LogP contribution in [0.4, 0.5) is 5.69 Å². The van der Waals surface area contributed by atoms with Crippen molar-refractivity contribution in [2.75, 3.05) is 31.1 Å². The zero-order valence-electron chi connectivity index (χ0n) is 14.0. The zero-order chi connectivity index (χ0) is 16.5. The lowest BCUT2D eigenvalue weighted by atomic mass is 10.0. The highest BCUT2D eigenvalue weighted by Crippen LogP contribution is 2.29. The van der Waals surface area contributed by atoms with Crippen LogP contribution in [0.1, 0.15) is 31.2 Å². The Hall–Kier alpha value is -1.88. The Balaban J connectivity index is 1.26. The Bertz CT molecular complexity index is 633. The first-order valence-electron chi connectivity index (χ1n) is 9.12. The van der Waals surface area contributed by atoms with Crippen molar-refractivity contribution in [3.05, 3.63) is 29.8 Å². The second kappa shape index (κ2) is 6.55. The first-order valence-corrected chi connectivity index (χ1v) is 9.12. The zero-order valence-corrected chi connectivity index (χ0v) is 14.0. The molecule has 0 aromatic heterocycles. The van der Waals surface area contributed by atoms with E-state index in [1.807, 2.05) is 23.1 Å². The van der Waals surface area contributed by atoms with E-state index < -0.39 is 0 Å². The highest BCUT2D eigenvalue weighted by Gasteiger charge is 2.32. The quantitative estimate of drug-likeness (QED) is 0.913. The summed E-state index contributed by atoms with van der Waals surface area (Å²) in [6, 6.07) is 8.47. The third-order valence-corrected chi connectivity index (χ3v) is 5.43. The number of hydrogen-bond acceptors (Lipinski definition) is 3. The van der Waals surface area contributed by atoms with Crippen molar-refractivity contribution in [1.29, 1.82) is 0 Å². The Kier molecular flexibility index (Phi) is 4.27. The summed E-state index contributed by atoms with van der Waals surface area (Å²) in [5, 5.41) is 3.16. The van der Waals surface area contributed by atoms with E-state index >= 15 is 0 Å². The Morgan fingerprint density at radius 3 is 2.54 bits per heavy atom. The molecular weight excluding hydrogens is 302 g/mol. The summed E-state index contributed by atoms with van der Waals surface area (Å²) in [7, 11) is 0. The van der Waals surface area contributed by atoms with Crippen LogP contribution in [0, 0.1) is 5.92 Å². The molecular formula is C19H25N3O2. The number of rotatable bonds is 4. The lowest BCUT2D eigenvalue weighted by Crippen LogP contribution is -2.48. The third-order valence-electron chi connectivity index (χ3n) is 5.43. The molecule has 1 aliphatic carbocycles. The van der Waals surface area contributed by atoms with Crippen LogP contribution in [-0.2, 0) is 16.0 Å². The number of para-hydroxylation sites is 1. The molecule has 2 aliphatic heterocycles. The number of benzene rings is 1. The normalized spacial score (nSPS) is 21.6. The summed E-state index contributed by atoms with van der Waals surface area (Å²) >= 11 is 0. The molecule has 0 atom stereocenters. The Morgan fingerprint density at radius 2 is 1.79 bits per heavy atom. The molecule has 0 bridgehead atoms. The lowest BCUT2D eigenvalue weighted by Gasteiger charge is -2.33. The topological polar surface area (TPSA) is 52.7 Å². The number of piperidine rings is 1. The van der Waals surface area contributed by atoms with Crippen LogP contribution in [0.25, 0.3) is 0 Å². The smallest absolute Gasteiger partial charge is 0.241 e. The van der Waals surface area contributed by atoms with Gasteiger partial charge in [-0.25, -0.2) is 0 Å². The summed E-state index contributed by atoms with van der Waals surface area (Å²) in [5.74, 6) is 0.707. The fraction of sp³-hybridized carbons (Fsp3) is 0.579. The minimum Gasteiger partial charge on any atom is -0.353 e. The number of hydrogen-bond donors (Lipinski definition) is 1. The highest BCUT2D eigenvalue weighted by atomic mass is 16.2. The number of anilines is 1. The van der Waals surface area contributed by atoms with Gasteiger partial charge in [0.05, 0.1) is 6.54 Å². The molecule has 2 heterocycles. The Morgan fingerprint density at radius 1 is 1.04 bits per heavy atom. The molecule has 0 spiro atoms. The van der Waals surface area contributed by atoms with Crippen molar-refractivity contribution >= 4 is 17.5 Å². The maximum atomic E-state index is 12.6. The third kappa shape index (κ3) is 3.31. The lowest BCUT2D eigenvalue weighted by molar-refractivity contribution is -0.124. The minimum absolute atomic E-state index is 0.195. The molecule has 24 heavy (non-hydrogen) atoms. The van der Waals surface area contributed by atoms with Crippen LogP contribution in [0.15, 0.2) is 24.3 Å². The number of carbonyl (C=O) groups is 2. The summed E-state index contributed by atoms with van der Waals surface area (Å²) in [6.07, 6.45) is 4.95. The van der Waals surface area contributed by atoms with Gasteiger partial charge < -0.3 is 10.2 Å². The summed E-state index contributed by atoms with van der Waals surface area (Å²) in [5.41, 5.74) is 2.35. The van der Waals surface area contributed by atoms with Crippen LogP contribution in [-0.4, -0.2) is 48.9 Å². The van der Waals surface area contributed by atoms with E-state index in [0.717, 1.165) is 57.4 Å². The monoisotopic (exact) mass is 327 g/mol. The van der Waals surface area contributed by atoms with Gasteiger partial charge in [-0.15, -0.1) is 0 Å². The molecule has 0 unspecified atom stereocenters. The average molecular weight is 327 g/mol. The molecule has 0 radical (unpaired) electrons. The molecule has 5 nitrogen and oxygen atoms in total. The standard InChI is InChI=1S/C19H25N3O2/c23-18(22-12-7-14-3-1-2-4-17(14)22)13-21-10-8-16(9-11-21)20-19(24)15-5-6-15/h1-4,15-16H,5-13H2,(H,20,24). The fourth-order valence-corrected chi connectivity index (χ4v) is 3.77. The second-order valence-electron chi connectivity index (χ2n) is 7.26. The molecule has 1 N–H and O–H groups in total. The van der Waals surface area contributed by atoms with Crippen LogP contribution in [0.3, 0.4) is 0 Å². The van der Waals surface area contributed by atoms with E-state index in [0.29, 0.717) is 6.54 Å². The van der Waals surface area contributed by atoms with Gasteiger partial charge in [-0.1, -0.05) is 18.2 Å². The molecule has 128 valence electrons. The van der Waals surface area contributed by atoms with Crippen LogP contribution in [0.5, 0.6) is 0 Å². The first kappa shape index (κ1) is 15.6. The van der Waals surface area contributed by atoms with Crippen molar-refractivity contribution in [1.82, 2.24) is 10.2 Å². The Labute approximate surface area is 143 Å². The number of fused-ring (bicyclic) bond motifs is 1. The fourth-order valence-electron chi connectivity index (χ4n) is 3.77. The van der Waals surface area contributed by atoms with Gasteiger partial charge in [-0.3, -0.25) is 14.5 Å². The van der Waals surface area contributed by atoms with Gasteiger partial charge in [-0.2, -0.15) is 0 Å². The summed E-state index contributed by atoms with van der Waals surface area (Å²) < 4.78 is 0. The maximum absolute atomic E-state index is 12.6. The maximum Gasteiger partial charge on any atom is 0.241 e. The van der Waals surface area contributed by atoms with E-state index in [1.165, 1.54) is 5.56 Å². The van der Waals surface area contributed by atoms with Crippen LogP contribution >= 0.6 is 0 Å². The van der Waals surface area contributed by atoms with Gasteiger partial charge in [0.25, 0.3) is 0 Å². The van der Waals surface area contributed by atoms with Gasteiger partial charge in [0.2, 0.25) is 11.8 Å². The van der Waals surface area contributed by atoms with Gasteiger partial charge in [-0.05, 0) is 43.7 Å². The van der Waals surface area contributed by atoms with Crippen molar-refractivity contribution in [2.45, 2.75) is 38.1 Å². The molecule has 1 aromatic carbocycles. The van der Waals surface area contributed by atoms with E-state index in [-0.39, 0.29) is 23.8 Å². The predicted octanol–water partition coefficient (Wildman–Crippen LogP) is 1.57. The van der Waals surface area contributed by atoms with Crippen molar-refractivity contribution in [2.24, 2.45) is 5.92 Å². The van der Waals surface area contributed by atoms with Crippen molar-refractivity contribution < 1.29 is 9.59 Å². The second-order valence-corrected chi connectivity index (χ2v) is 7.26. The molecule has 2 fully saturated rings. The van der Waals surface area contributed by atoms with Gasteiger partial charge in [0.15, 0.2) is 0 Å². The minimum atomic E-state index is 0.195. The SMILES string of the molecule is O=C(NC1CCN(CC(=O)N2CCc3ccccc32)CC1)C1CC1. The molecule has 5 heteroatoms. The molecule has 4 rings (SSSR count). The van der Waals surface area contributed by atoms with Crippen LogP contribution < -0.4 is 10.2 Å². The molecule has 2 amide bonds. The molecule has 1 saturated carbocycles. The van der Waals surface area contributed by atoms with Gasteiger partial charge >= 0.3 is 0 Å². The molecule has 3 aliphatic rings. The molecule has 1 saturated heterocycles. The number of likely N-dealkylation sites (tertiary alicyclic amines) is 1. The summed E-state index contributed by atoms with van der Waals surface area (Å²) in [4.78, 5) is 28.6. The van der Waals surface area contributed by atoms with E-state index in [4.69, 9.17) is 0 Å². The number of nitrogens with zero attached hydrogens (tertiary/aromatic N) is 2. The predicted molar refractivity (Wildman–Crippen MR) is 92.8 cm³/mol. The number of carbonyl (C=O) groups excluding carboxylic acids is 2. The summed E-state index contributed by atoms with van der Waals surface area (Å²) in [6.45, 7) is 3.05. The van der Waals surface area contributed by atoms with Crippen molar-refractivity contribution in [3.63, 3.8) is 0 Å². The van der Waals surface area contributed by atoms with E-state index in [2.05, 4.69) is 16.3 Å². The van der Waals surface area contributed by atoms with Gasteiger partial charge in [0.1, 0.15) is 0 Å². The van der Waals surface area contributed by atoms with E-state index in [9.17, 15) is 9.59 Å². The van der Waals surface area contributed by atoms with Gasteiger partial charge in [0, 0.05) is 37.3 Å².